The first-order chi connectivity index (χ1) is 18.0. The number of halogens is 1. The van der Waals surface area contributed by atoms with Crippen molar-refractivity contribution in [3.63, 3.8) is 0 Å². The van der Waals surface area contributed by atoms with Crippen LogP contribution in [-0.2, 0) is 22.5 Å². The molecule has 3 saturated heterocycles. The minimum atomic E-state index is -0.626. The molecule has 0 bridgehead atoms. The molecular formula is C28H33ClN4O4. The first-order valence-electron chi connectivity index (χ1n) is 13.1. The quantitative estimate of drug-likeness (QED) is 0.507. The standard InChI is InChI=1S/C28H33ClN4O4/c29-24-10-8-22(9-11-24)6-7-23-13-16-31(17-14-23)28(36)37-33-26(34)25-20-30(18-19-32(25)27(33)35)15-12-21-4-2-1-3-5-21/h1-5,8-11,23,25H,6-7,12-20H2. The number of carbonyl (C=O) groups excluding carboxylic acids is 3. The summed E-state index contributed by atoms with van der Waals surface area (Å²) in [5.41, 5.74) is 2.50. The van der Waals surface area contributed by atoms with Crippen molar-refractivity contribution in [3.05, 3.63) is 70.7 Å². The zero-order chi connectivity index (χ0) is 25.8. The van der Waals surface area contributed by atoms with Crippen molar-refractivity contribution in [3.8, 4) is 0 Å². The van der Waals surface area contributed by atoms with Crippen molar-refractivity contribution in [2.75, 3.05) is 39.3 Å². The summed E-state index contributed by atoms with van der Waals surface area (Å²) in [5, 5.41) is 1.42. The zero-order valence-corrected chi connectivity index (χ0v) is 21.7. The molecule has 3 aliphatic heterocycles. The number of aryl methyl sites for hydroxylation is 1. The van der Waals surface area contributed by atoms with E-state index in [9.17, 15) is 14.4 Å². The molecule has 0 N–H and O–H groups in total. The Labute approximate surface area is 222 Å². The maximum absolute atomic E-state index is 13.0. The smallest absolute Gasteiger partial charge is 0.309 e. The fraction of sp³-hybridized carbons (Fsp3) is 0.464. The number of piperidine rings is 1. The molecule has 3 fully saturated rings. The Morgan fingerprint density at radius 3 is 2.32 bits per heavy atom. The lowest BCUT2D eigenvalue weighted by Gasteiger charge is -2.35. The Balaban J connectivity index is 1.08. The van der Waals surface area contributed by atoms with E-state index < -0.39 is 24.1 Å². The molecule has 8 nitrogen and oxygen atoms in total. The van der Waals surface area contributed by atoms with Gasteiger partial charge in [-0.3, -0.25) is 9.69 Å². The van der Waals surface area contributed by atoms with Gasteiger partial charge in [-0.1, -0.05) is 59.1 Å². The number of carbonyl (C=O) groups is 3. The number of urea groups is 1. The number of benzene rings is 2. The van der Waals surface area contributed by atoms with Crippen molar-refractivity contribution < 1.29 is 19.2 Å². The van der Waals surface area contributed by atoms with Crippen molar-refractivity contribution >= 4 is 29.6 Å². The average Bonchev–Trinajstić information content (AvgIpc) is 3.16. The number of fused-ring (bicyclic) bond motifs is 1. The molecule has 37 heavy (non-hydrogen) atoms. The van der Waals surface area contributed by atoms with Gasteiger partial charge in [-0.2, -0.15) is 0 Å². The van der Waals surface area contributed by atoms with Crippen LogP contribution in [0.5, 0.6) is 0 Å². The highest BCUT2D eigenvalue weighted by Gasteiger charge is 2.50. The van der Waals surface area contributed by atoms with Gasteiger partial charge in [-0.05, 0) is 61.3 Å². The normalized spacial score (nSPS) is 20.9. The third-order valence-corrected chi connectivity index (χ3v) is 7.98. The lowest BCUT2D eigenvalue weighted by molar-refractivity contribution is -0.152. The topological polar surface area (TPSA) is 73.4 Å². The summed E-state index contributed by atoms with van der Waals surface area (Å²) in [6.07, 6.45) is 4.02. The highest BCUT2D eigenvalue weighted by atomic mass is 35.5. The second kappa shape index (κ2) is 11.5. The van der Waals surface area contributed by atoms with Crippen LogP contribution in [0, 0.1) is 5.92 Å². The molecule has 0 aliphatic carbocycles. The van der Waals surface area contributed by atoms with Gasteiger partial charge in [0.2, 0.25) is 0 Å². The van der Waals surface area contributed by atoms with Gasteiger partial charge in [0, 0.05) is 44.3 Å². The van der Waals surface area contributed by atoms with Crippen LogP contribution >= 0.6 is 11.6 Å². The Morgan fingerprint density at radius 1 is 0.892 bits per heavy atom. The van der Waals surface area contributed by atoms with Crippen molar-refractivity contribution in [1.82, 2.24) is 19.8 Å². The Bertz CT molecular complexity index is 1100. The highest BCUT2D eigenvalue weighted by molar-refractivity contribution is 6.30. The van der Waals surface area contributed by atoms with Gasteiger partial charge >= 0.3 is 12.1 Å². The molecule has 0 saturated carbocycles. The van der Waals surface area contributed by atoms with E-state index in [0.717, 1.165) is 43.7 Å². The van der Waals surface area contributed by atoms with E-state index in [1.165, 1.54) is 16.0 Å². The van der Waals surface area contributed by atoms with E-state index in [1.54, 1.807) is 4.90 Å². The van der Waals surface area contributed by atoms with Gasteiger partial charge < -0.3 is 14.6 Å². The molecule has 3 heterocycles. The fourth-order valence-electron chi connectivity index (χ4n) is 5.41. The predicted molar refractivity (Wildman–Crippen MR) is 140 cm³/mol. The highest BCUT2D eigenvalue weighted by Crippen LogP contribution is 2.26. The van der Waals surface area contributed by atoms with Crippen LogP contribution in [0.1, 0.15) is 30.4 Å². The lowest BCUT2D eigenvalue weighted by atomic mass is 9.91. The average molecular weight is 525 g/mol. The van der Waals surface area contributed by atoms with Gasteiger partial charge in [-0.25, -0.2) is 9.59 Å². The molecule has 5 rings (SSSR count). The summed E-state index contributed by atoms with van der Waals surface area (Å²) in [6, 6.07) is 17.0. The first-order valence-corrected chi connectivity index (χ1v) is 13.5. The SMILES string of the molecule is O=C(ON1C(=O)C2CN(CCc3ccccc3)CCN2C1=O)N1CCC(CCc2ccc(Cl)cc2)CC1. The number of rotatable bonds is 7. The molecule has 196 valence electrons. The third-order valence-electron chi connectivity index (χ3n) is 7.73. The Kier molecular flexibility index (Phi) is 7.96. The van der Waals surface area contributed by atoms with Crippen LogP contribution in [-0.4, -0.2) is 83.1 Å². The van der Waals surface area contributed by atoms with Crippen LogP contribution < -0.4 is 0 Å². The van der Waals surface area contributed by atoms with Gasteiger partial charge in [0.05, 0.1) is 0 Å². The molecule has 4 amide bonds. The monoisotopic (exact) mass is 524 g/mol. The van der Waals surface area contributed by atoms with E-state index in [1.807, 2.05) is 30.3 Å². The van der Waals surface area contributed by atoms with Gasteiger partial charge in [0.1, 0.15) is 6.04 Å². The molecule has 2 aromatic carbocycles. The number of imide groups is 1. The Hall–Kier alpha value is -3.10. The van der Waals surface area contributed by atoms with Crippen molar-refractivity contribution in [2.45, 2.75) is 38.1 Å². The lowest BCUT2D eigenvalue weighted by Crippen LogP contribution is -2.53. The summed E-state index contributed by atoms with van der Waals surface area (Å²) in [7, 11) is 0. The summed E-state index contributed by atoms with van der Waals surface area (Å²) in [5.74, 6) is 0.0613. The van der Waals surface area contributed by atoms with Crippen LogP contribution in [0.15, 0.2) is 54.6 Å². The second-order valence-corrected chi connectivity index (χ2v) is 10.5. The fourth-order valence-corrected chi connectivity index (χ4v) is 5.53. The van der Waals surface area contributed by atoms with Gasteiger partial charge in [0.25, 0.3) is 5.91 Å². The summed E-state index contributed by atoms with van der Waals surface area (Å²) < 4.78 is 0. The minimum Gasteiger partial charge on any atom is -0.309 e. The molecule has 2 aromatic rings. The molecule has 1 unspecified atom stereocenters. The maximum atomic E-state index is 13.0. The molecule has 0 radical (unpaired) electrons. The Morgan fingerprint density at radius 2 is 1.59 bits per heavy atom. The van der Waals surface area contributed by atoms with E-state index in [-0.39, 0.29) is 0 Å². The van der Waals surface area contributed by atoms with Crippen LogP contribution in [0.25, 0.3) is 0 Å². The molecule has 0 aromatic heterocycles. The number of amides is 4. The summed E-state index contributed by atoms with van der Waals surface area (Å²) in [6.45, 7) is 3.50. The number of hydrogen-bond donors (Lipinski definition) is 0. The summed E-state index contributed by atoms with van der Waals surface area (Å²) >= 11 is 5.96. The van der Waals surface area contributed by atoms with Crippen molar-refractivity contribution in [2.24, 2.45) is 5.92 Å². The molecular weight excluding hydrogens is 492 g/mol. The number of piperazine rings is 1. The molecule has 3 aliphatic rings. The number of nitrogens with zero attached hydrogens (tertiary/aromatic N) is 4. The van der Waals surface area contributed by atoms with Crippen LogP contribution in [0.3, 0.4) is 0 Å². The summed E-state index contributed by atoms with van der Waals surface area (Å²) in [4.78, 5) is 49.4. The molecule has 9 heteroatoms. The number of hydrogen-bond acceptors (Lipinski definition) is 5. The molecule has 0 spiro atoms. The zero-order valence-electron chi connectivity index (χ0n) is 20.9. The van der Waals surface area contributed by atoms with Crippen LogP contribution in [0.2, 0.25) is 5.02 Å². The number of hydroxylamine groups is 2. The van der Waals surface area contributed by atoms with E-state index in [0.29, 0.717) is 43.7 Å². The van der Waals surface area contributed by atoms with E-state index >= 15 is 0 Å². The van der Waals surface area contributed by atoms with Crippen LogP contribution in [0.4, 0.5) is 9.59 Å². The third kappa shape index (κ3) is 6.08. The maximum Gasteiger partial charge on any atom is 0.434 e. The van der Waals surface area contributed by atoms with E-state index in [4.69, 9.17) is 16.4 Å². The first kappa shape index (κ1) is 25.5. The largest absolute Gasteiger partial charge is 0.434 e. The minimum absolute atomic E-state index is 0.442. The molecule has 1 atom stereocenters. The van der Waals surface area contributed by atoms with E-state index in [2.05, 4.69) is 29.2 Å². The number of likely N-dealkylation sites (tertiary alicyclic amines) is 1. The van der Waals surface area contributed by atoms with Crippen molar-refractivity contribution in [1.29, 1.82) is 0 Å². The van der Waals surface area contributed by atoms with Gasteiger partial charge in [-0.15, -0.1) is 0 Å². The predicted octanol–water partition coefficient (Wildman–Crippen LogP) is 4.23. The second-order valence-electron chi connectivity index (χ2n) is 10.1. The van der Waals surface area contributed by atoms with Gasteiger partial charge in [0.15, 0.2) is 0 Å².